The van der Waals surface area contributed by atoms with E-state index in [1.165, 1.54) is 30.2 Å². The molecule has 0 aromatic heterocycles. The summed E-state index contributed by atoms with van der Waals surface area (Å²) in [4.78, 5) is 14.2. The van der Waals surface area contributed by atoms with Crippen LogP contribution in [0.3, 0.4) is 0 Å². The molecule has 1 aromatic carbocycles. The van der Waals surface area contributed by atoms with E-state index in [9.17, 15) is 4.79 Å². The average Bonchev–Trinajstić information content (AvgIpc) is 2.68. The van der Waals surface area contributed by atoms with Crippen molar-refractivity contribution in [2.24, 2.45) is 0 Å². The minimum Gasteiger partial charge on any atom is -0.334 e. The maximum Gasteiger partial charge on any atom is 0.282 e. The third-order valence-electron chi connectivity index (χ3n) is 3.41. The molecule has 0 spiro atoms. The van der Waals surface area contributed by atoms with Crippen LogP contribution in [0.15, 0.2) is 30.3 Å². The highest BCUT2D eigenvalue weighted by atomic mass is 32.2. The highest BCUT2D eigenvalue weighted by Gasteiger charge is 2.19. The number of amides is 1. The summed E-state index contributed by atoms with van der Waals surface area (Å²) in [5.74, 6) is 0. The maximum atomic E-state index is 12.2. The van der Waals surface area contributed by atoms with Crippen molar-refractivity contribution in [1.29, 1.82) is 0 Å². The van der Waals surface area contributed by atoms with Crippen molar-refractivity contribution in [3.05, 3.63) is 35.9 Å². The van der Waals surface area contributed by atoms with Gasteiger partial charge in [0.2, 0.25) is 0 Å². The van der Waals surface area contributed by atoms with Gasteiger partial charge < -0.3 is 4.90 Å². The Bertz CT molecular complexity index is 371. The highest BCUT2D eigenvalue weighted by Crippen LogP contribution is 2.30. The number of likely N-dealkylation sites (tertiary alicyclic amines) is 1. The molecule has 0 N–H and O–H groups in total. The fraction of sp³-hybridized carbons (Fsp3) is 0.533. The van der Waals surface area contributed by atoms with E-state index in [1.54, 1.807) is 0 Å². The van der Waals surface area contributed by atoms with Crippen LogP contribution in [-0.2, 0) is 0 Å². The van der Waals surface area contributed by atoms with Gasteiger partial charge in [0.25, 0.3) is 5.24 Å². The molecule has 3 heteroatoms. The van der Waals surface area contributed by atoms with Gasteiger partial charge >= 0.3 is 0 Å². The van der Waals surface area contributed by atoms with Crippen LogP contribution in [0.5, 0.6) is 0 Å². The molecule has 98 valence electrons. The lowest BCUT2D eigenvalue weighted by atomic mass is 10.2. The van der Waals surface area contributed by atoms with Gasteiger partial charge in [-0.3, -0.25) is 4.79 Å². The Morgan fingerprint density at radius 2 is 1.72 bits per heavy atom. The van der Waals surface area contributed by atoms with Gasteiger partial charge in [-0.05, 0) is 25.3 Å². The number of nitrogens with zero attached hydrogens (tertiary/aromatic N) is 1. The lowest BCUT2D eigenvalue weighted by Gasteiger charge is -2.21. The van der Waals surface area contributed by atoms with Gasteiger partial charge in [-0.15, -0.1) is 0 Å². The second kappa shape index (κ2) is 6.83. The number of hydrogen-bond acceptors (Lipinski definition) is 2. The first-order valence-corrected chi connectivity index (χ1v) is 7.66. The molecule has 2 nitrogen and oxygen atoms in total. The molecular formula is C15H21NOS. The zero-order chi connectivity index (χ0) is 12.8. The van der Waals surface area contributed by atoms with Gasteiger partial charge in [0.1, 0.15) is 0 Å². The number of hydrogen-bond donors (Lipinski definition) is 0. The van der Waals surface area contributed by atoms with Crippen molar-refractivity contribution in [2.75, 3.05) is 13.1 Å². The normalized spacial score (nSPS) is 18.2. The first-order valence-electron chi connectivity index (χ1n) is 6.78. The Kier molecular flexibility index (Phi) is 5.12. The van der Waals surface area contributed by atoms with Crippen LogP contribution in [0.1, 0.15) is 43.4 Å². The lowest BCUT2D eigenvalue weighted by molar-refractivity contribution is 0.225. The minimum atomic E-state index is 0.238. The van der Waals surface area contributed by atoms with Crippen molar-refractivity contribution < 1.29 is 4.79 Å². The first-order chi connectivity index (χ1) is 8.77. The van der Waals surface area contributed by atoms with Gasteiger partial charge in [0, 0.05) is 18.3 Å². The Morgan fingerprint density at radius 3 is 2.33 bits per heavy atom. The third-order valence-corrected chi connectivity index (χ3v) is 4.50. The number of carbonyl (C=O) groups is 1. The highest BCUT2D eigenvalue weighted by molar-refractivity contribution is 8.13. The van der Waals surface area contributed by atoms with Crippen molar-refractivity contribution in [3.63, 3.8) is 0 Å². The summed E-state index contributed by atoms with van der Waals surface area (Å²) in [6.45, 7) is 3.98. The van der Waals surface area contributed by atoms with Crippen LogP contribution in [0.25, 0.3) is 0 Å². The average molecular weight is 263 g/mol. The topological polar surface area (TPSA) is 20.3 Å². The van der Waals surface area contributed by atoms with Crippen molar-refractivity contribution in [1.82, 2.24) is 4.90 Å². The van der Waals surface area contributed by atoms with Gasteiger partial charge in [-0.1, -0.05) is 54.9 Å². The second-order valence-corrected chi connectivity index (χ2v) is 6.13. The zero-order valence-electron chi connectivity index (χ0n) is 11.0. The smallest absolute Gasteiger partial charge is 0.282 e. The van der Waals surface area contributed by atoms with Crippen molar-refractivity contribution >= 4 is 17.0 Å². The van der Waals surface area contributed by atoms with E-state index in [1.807, 2.05) is 23.1 Å². The van der Waals surface area contributed by atoms with Crippen LogP contribution in [-0.4, -0.2) is 23.2 Å². The SMILES string of the molecule is CC(SC(=O)N1CCCCCC1)c1ccccc1. The largest absolute Gasteiger partial charge is 0.334 e. The van der Waals surface area contributed by atoms with E-state index in [0.717, 1.165) is 25.9 Å². The molecule has 1 aromatic rings. The summed E-state index contributed by atoms with van der Waals surface area (Å²) in [5, 5.41) is 0.482. The summed E-state index contributed by atoms with van der Waals surface area (Å²) < 4.78 is 0. The Hall–Kier alpha value is -0.960. The number of benzene rings is 1. The number of rotatable bonds is 2. The Balaban J connectivity index is 1.90. The van der Waals surface area contributed by atoms with Gasteiger partial charge in [0.05, 0.1) is 0 Å². The maximum absolute atomic E-state index is 12.2. The minimum absolute atomic E-state index is 0.238. The Labute approximate surface area is 114 Å². The standard InChI is InChI=1S/C15H21NOS/c1-13(14-9-5-4-6-10-14)18-15(17)16-11-7-2-3-8-12-16/h4-6,9-10,13H,2-3,7-8,11-12H2,1H3. The van der Waals surface area contributed by atoms with Crippen LogP contribution in [0, 0.1) is 0 Å². The summed E-state index contributed by atoms with van der Waals surface area (Å²) in [6, 6.07) is 10.3. The first kappa shape index (κ1) is 13.5. The molecule has 1 aliphatic rings. The third kappa shape index (κ3) is 3.77. The molecule has 1 amide bonds. The molecule has 0 saturated carbocycles. The summed E-state index contributed by atoms with van der Waals surface area (Å²) in [7, 11) is 0. The summed E-state index contributed by atoms with van der Waals surface area (Å²) in [6.07, 6.45) is 4.85. The molecule has 1 aliphatic heterocycles. The molecule has 0 radical (unpaired) electrons. The quantitative estimate of drug-likeness (QED) is 0.784. The number of carbonyl (C=O) groups excluding carboxylic acids is 1. The molecule has 1 heterocycles. The van der Waals surface area contributed by atoms with E-state index in [4.69, 9.17) is 0 Å². The van der Waals surface area contributed by atoms with Crippen LogP contribution in [0.2, 0.25) is 0 Å². The number of thioether (sulfide) groups is 1. The molecule has 1 atom stereocenters. The van der Waals surface area contributed by atoms with Crippen molar-refractivity contribution in [3.8, 4) is 0 Å². The second-order valence-electron chi connectivity index (χ2n) is 4.84. The molecule has 0 aliphatic carbocycles. The van der Waals surface area contributed by atoms with Crippen LogP contribution < -0.4 is 0 Å². The molecule has 0 bridgehead atoms. The van der Waals surface area contributed by atoms with E-state index in [0.29, 0.717) is 0 Å². The fourth-order valence-electron chi connectivity index (χ4n) is 2.27. The summed E-state index contributed by atoms with van der Waals surface area (Å²) in [5.41, 5.74) is 1.23. The van der Waals surface area contributed by atoms with E-state index in [2.05, 4.69) is 19.1 Å². The molecule has 1 saturated heterocycles. The van der Waals surface area contributed by atoms with E-state index >= 15 is 0 Å². The molecule has 18 heavy (non-hydrogen) atoms. The van der Waals surface area contributed by atoms with Gasteiger partial charge in [0.15, 0.2) is 0 Å². The molecule has 1 unspecified atom stereocenters. The fourth-order valence-corrected chi connectivity index (χ4v) is 3.20. The molecule has 1 fully saturated rings. The molecular weight excluding hydrogens is 242 g/mol. The summed E-state index contributed by atoms with van der Waals surface area (Å²) >= 11 is 1.46. The van der Waals surface area contributed by atoms with E-state index in [-0.39, 0.29) is 10.5 Å². The predicted octanol–water partition coefficient (Wildman–Crippen LogP) is 4.48. The van der Waals surface area contributed by atoms with E-state index < -0.39 is 0 Å². The Morgan fingerprint density at radius 1 is 1.11 bits per heavy atom. The zero-order valence-corrected chi connectivity index (χ0v) is 11.8. The van der Waals surface area contributed by atoms with Gasteiger partial charge in [-0.25, -0.2) is 0 Å². The predicted molar refractivity (Wildman–Crippen MR) is 77.9 cm³/mol. The van der Waals surface area contributed by atoms with Crippen molar-refractivity contribution in [2.45, 2.75) is 37.9 Å². The molecule has 2 rings (SSSR count). The van der Waals surface area contributed by atoms with Gasteiger partial charge in [-0.2, -0.15) is 0 Å². The lowest BCUT2D eigenvalue weighted by Crippen LogP contribution is -2.28. The van der Waals surface area contributed by atoms with Crippen LogP contribution in [0.4, 0.5) is 4.79 Å². The monoisotopic (exact) mass is 263 g/mol. The van der Waals surface area contributed by atoms with Crippen LogP contribution >= 0.6 is 11.8 Å².